The molecule has 0 amide bonds. The summed E-state index contributed by atoms with van der Waals surface area (Å²) in [7, 11) is 10.3. The summed E-state index contributed by atoms with van der Waals surface area (Å²) in [5.41, 5.74) is 3.66. The van der Waals surface area contributed by atoms with Gasteiger partial charge in [-0.1, -0.05) is 30.3 Å². The van der Waals surface area contributed by atoms with E-state index in [2.05, 4.69) is 85.7 Å². The zero-order valence-electron chi connectivity index (χ0n) is 15.2. The van der Waals surface area contributed by atoms with Crippen LogP contribution in [0.25, 0.3) is 0 Å². The lowest BCUT2D eigenvalue weighted by atomic mass is 10.1. The molecule has 5 nitrogen and oxygen atoms in total. The Kier molecular flexibility index (Phi) is 5.80. The van der Waals surface area contributed by atoms with Gasteiger partial charge in [-0.25, -0.2) is 0 Å². The van der Waals surface area contributed by atoms with Gasteiger partial charge in [0.2, 0.25) is 0 Å². The maximum absolute atomic E-state index is 4.57. The standard InChI is InChI=1S/C18H29N5/c1-14-16(18(22(4)5)23(6)20-14)12-19-17(13-21(2)3)15-10-8-7-9-11-15/h7-11,17,19H,12-13H2,1-6H3. The molecule has 23 heavy (non-hydrogen) atoms. The molecule has 2 rings (SSSR count). The number of hydrogen-bond donors (Lipinski definition) is 1. The third-order valence-electron chi connectivity index (χ3n) is 4.01. The molecule has 0 saturated heterocycles. The Morgan fingerprint density at radius 3 is 2.35 bits per heavy atom. The van der Waals surface area contributed by atoms with Gasteiger partial charge in [0.15, 0.2) is 0 Å². The van der Waals surface area contributed by atoms with Gasteiger partial charge in [-0.15, -0.1) is 0 Å². The van der Waals surface area contributed by atoms with Crippen molar-refractivity contribution < 1.29 is 0 Å². The predicted octanol–water partition coefficient (Wildman–Crippen LogP) is 2.19. The summed E-state index contributed by atoms with van der Waals surface area (Å²) in [5, 5.41) is 8.28. The maximum atomic E-state index is 4.57. The summed E-state index contributed by atoms with van der Waals surface area (Å²) in [6.45, 7) is 3.84. The van der Waals surface area contributed by atoms with Crippen LogP contribution in [0.5, 0.6) is 0 Å². The lowest BCUT2D eigenvalue weighted by Crippen LogP contribution is -2.31. The minimum atomic E-state index is 0.292. The highest BCUT2D eigenvalue weighted by atomic mass is 15.4. The van der Waals surface area contributed by atoms with E-state index < -0.39 is 0 Å². The second-order valence-electron chi connectivity index (χ2n) is 6.51. The average Bonchev–Trinajstić information content (AvgIpc) is 2.78. The van der Waals surface area contributed by atoms with Crippen LogP contribution in [0.3, 0.4) is 0 Å². The Bertz CT molecular complexity index is 616. The molecule has 0 spiro atoms. The quantitative estimate of drug-likeness (QED) is 0.850. The number of anilines is 1. The molecular formula is C18H29N5. The van der Waals surface area contributed by atoms with E-state index in [1.165, 1.54) is 11.1 Å². The summed E-state index contributed by atoms with van der Waals surface area (Å²) in [4.78, 5) is 4.34. The van der Waals surface area contributed by atoms with Crippen LogP contribution in [0.4, 0.5) is 5.82 Å². The molecule has 1 N–H and O–H groups in total. The molecule has 0 aliphatic carbocycles. The monoisotopic (exact) mass is 315 g/mol. The van der Waals surface area contributed by atoms with Crippen LogP contribution in [-0.2, 0) is 13.6 Å². The zero-order chi connectivity index (χ0) is 17.0. The molecule has 0 aliphatic rings. The van der Waals surface area contributed by atoms with Crippen LogP contribution in [0.15, 0.2) is 30.3 Å². The van der Waals surface area contributed by atoms with Gasteiger partial charge in [0.25, 0.3) is 0 Å². The summed E-state index contributed by atoms with van der Waals surface area (Å²) < 4.78 is 1.95. The Morgan fingerprint density at radius 1 is 1.13 bits per heavy atom. The first kappa shape index (κ1) is 17.5. The van der Waals surface area contributed by atoms with Gasteiger partial charge in [-0.2, -0.15) is 5.10 Å². The number of likely N-dealkylation sites (N-methyl/N-ethyl adjacent to an activating group) is 1. The highest BCUT2D eigenvalue weighted by molar-refractivity contribution is 5.48. The van der Waals surface area contributed by atoms with Crippen molar-refractivity contribution in [2.45, 2.75) is 19.5 Å². The van der Waals surface area contributed by atoms with Gasteiger partial charge in [-0.05, 0) is 26.6 Å². The minimum absolute atomic E-state index is 0.292. The largest absolute Gasteiger partial charge is 0.363 e. The van der Waals surface area contributed by atoms with Crippen LogP contribution in [0.1, 0.15) is 22.9 Å². The number of nitrogens with zero attached hydrogens (tertiary/aromatic N) is 4. The fraction of sp³-hybridized carbons (Fsp3) is 0.500. The van der Waals surface area contributed by atoms with Crippen molar-refractivity contribution in [3.8, 4) is 0 Å². The molecule has 5 heteroatoms. The van der Waals surface area contributed by atoms with Crippen molar-refractivity contribution in [1.29, 1.82) is 0 Å². The van der Waals surface area contributed by atoms with E-state index in [1.807, 2.05) is 11.7 Å². The van der Waals surface area contributed by atoms with Gasteiger partial charge < -0.3 is 15.1 Å². The topological polar surface area (TPSA) is 36.3 Å². The molecule has 126 valence electrons. The third-order valence-corrected chi connectivity index (χ3v) is 4.01. The molecule has 1 unspecified atom stereocenters. The van der Waals surface area contributed by atoms with Crippen molar-refractivity contribution in [2.75, 3.05) is 39.6 Å². The summed E-state index contributed by atoms with van der Waals surface area (Å²) in [6.07, 6.45) is 0. The summed E-state index contributed by atoms with van der Waals surface area (Å²) in [5.74, 6) is 1.16. The first-order chi connectivity index (χ1) is 10.9. The Hall–Kier alpha value is -1.85. The van der Waals surface area contributed by atoms with Gasteiger partial charge in [0.05, 0.1) is 5.69 Å². The Morgan fingerprint density at radius 2 is 1.78 bits per heavy atom. The molecule has 2 aromatic rings. The van der Waals surface area contributed by atoms with Gasteiger partial charge in [0, 0.05) is 45.8 Å². The van der Waals surface area contributed by atoms with Crippen LogP contribution in [-0.4, -0.2) is 49.4 Å². The number of nitrogens with one attached hydrogen (secondary N) is 1. The van der Waals surface area contributed by atoms with Crippen molar-refractivity contribution in [3.63, 3.8) is 0 Å². The van der Waals surface area contributed by atoms with E-state index in [1.54, 1.807) is 0 Å². The molecule has 1 heterocycles. The summed E-state index contributed by atoms with van der Waals surface area (Å²) >= 11 is 0. The molecule has 0 saturated carbocycles. The molecular weight excluding hydrogens is 286 g/mol. The maximum Gasteiger partial charge on any atom is 0.130 e. The predicted molar refractivity (Wildman–Crippen MR) is 96.8 cm³/mol. The molecule has 0 fully saturated rings. The van der Waals surface area contributed by atoms with Crippen LogP contribution in [0.2, 0.25) is 0 Å². The van der Waals surface area contributed by atoms with Gasteiger partial charge >= 0.3 is 0 Å². The third kappa shape index (κ3) is 4.33. The van der Waals surface area contributed by atoms with Crippen LogP contribution < -0.4 is 10.2 Å². The Balaban J connectivity index is 2.19. The van der Waals surface area contributed by atoms with Crippen LogP contribution in [0, 0.1) is 6.92 Å². The molecule has 0 radical (unpaired) electrons. The minimum Gasteiger partial charge on any atom is -0.363 e. The number of rotatable bonds is 7. The first-order valence-electron chi connectivity index (χ1n) is 8.03. The number of benzene rings is 1. The van der Waals surface area contributed by atoms with E-state index in [0.717, 1.165) is 24.6 Å². The highest BCUT2D eigenvalue weighted by Gasteiger charge is 2.18. The molecule has 1 aromatic carbocycles. The second-order valence-corrected chi connectivity index (χ2v) is 6.51. The normalized spacial score (nSPS) is 12.7. The van der Waals surface area contributed by atoms with E-state index in [4.69, 9.17) is 0 Å². The summed E-state index contributed by atoms with van der Waals surface area (Å²) in [6, 6.07) is 10.9. The van der Waals surface area contributed by atoms with Crippen molar-refractivity contribution in [3.05, 3.63) is 47.2 Å². The molecule has 0 bridgehead atoms. The fourth-order valence-corrected chi connectivity index (χ4v) is 3.02. The lowest BCUT2D eigenvalue weighted by Gasteiger charge is -2.24. The van der Waals surface area contributed by atoms with Gasteiger partial charge in [-0.3, -0.25) is 4.68 Å². The van der Waals surface area contributed by atoms with Crippen molar-refractivity contribution in [1.82, 2.24) is 20.0 Å². The van der Waals surface area contributed by atoms with E-state index >= 15 is 0 Å². The zero-order valence-corrected chi connectivity index (χ0v) is 15.2. The number of hydrogen-bond acceptors (Lipinski definition) is 4. The lowest BCUT2D eigenvalue weighted by molar-refractivity contribution is 0.340. The highest BCUT2D eigenvalue weighted by Crippen LogP contribution is 2.22. The first-order valence-corrected chi connectivity index (χ1v) is 8.03. The average molecular weight is 315 g/mol. The fourth-order valence-electron chi connectivity index (χ4n) is 3.02. The van der Waals surface area contributed by atoms with Gasteiger partial charge in [0.1, 0.15) is 5.82 Å². The van der Waals surface area contributed by atoms with E-state index in [0.29, 0.717) is 6.04 Å². The smallest absolute Gasteiger partial charge is 0.130 e. The SMILES string of the molecule is Cc1nn(C)c(N(C)C)c1CNC(CN(C)C)c1ccccc1. The second kappa shape index (κ2) is 7.62. The van der Waals surface area contributed by atoms with Crippen molar-refractivity contribution >= 4 is 5.82 Å². The molecule has 0 aliphatic heterocycles. The van der Waals surface area contributed by atoms with E-state index in [-0.39, 0.29) is 0 Å². The number of aryl methyl sites for hydroxylation is 2. The Labute approximate surface area is 139 Å². The molecule has 1 atom stereocenters. The molecule has 1 aromatic heterocycles. The number of aromatic nitrogens is 2. The van der Waals surface area contributed by atoms with Crippen LogP contribution >= 0.6 is 0 Å². The van der Waals surface area contributed by atoms with Crippen molar-refractivity contribution in [2.24, 2.45) is 7.05 Å². The van der Waals surface area contributed by atoms with E-state index in [9.17, 15) is 0 Å².